The lowest BCUT2D eigenvalue weighted by atomic mass is 9.93. The fourth-order valence-electron chi connectivity index (χ4n) is 10.7. The predicted octanol–water partition coefficient (Wildman–Crippen LogP) is 18.9. The van der Waals surface area contributed by atoms with E-state index in [4.69, 9.17) is 0 Å². The second-order valence-corrected chi connectivity index (χ2v) is 18.1. The summed E-state index contributed by atoms with van der Waals surface area (Å²) in [6, 6.07) is 102. The van der Waals surface area contributed by atoms with Crippen LogP contribution in [-0.2, 0) is 0 Å². The van der Waals surface area contributed by atoms with E-state index in [-0.39, 0.29) is 0 Å². The first kappa shape index (κ1) is 41.0. The van der Waals surface area contributed by atoms with Gasteiger partial charge in [-0.3, -0.25) is 0 Å². The highest BCUT2D eigenvalue weighted by Gasteiger charge is 2.22. The van der Waals surface area contributed by atoms with E-state index in [1.54, 1.807) is 0 Å². The molecule has 1 aromatic heterocycles. The molecule has 0 atom stereocenters. The van der Waals surface area contributed by atoms with E-state index in [1.807, 2.05) is 0 Å². The molecule has 0 aliphatic heterocycles. The molecule has 0 saturated heterocycles. The monoisotopic (exact) mass is 890 g/mol. The standard InChI is InChI=1S/C68H46N2/c1-4-20-47(21-5-1)53-43-54(48-22-6-2-7-23-48)45-55(44-53)49-38-40-57(41-39-49)70(67-46-52-24-10-11-29-58(52)61-31-12-13-32-62(61)67)64-35-16-14-30-59(64)50-25-18-26-51(42-50)60-34-19-37-66-68(60)63-33-15-17-36-65(63)69(66)56-27-8-3-9-28-56/h1-46H. The molecule has 2 heteroatoms. The highest BCUT2D eigenvalue weighted by Crippen LogP contribution is 2.47. The third-order valence-electron chi connectivity index (χ3n) is 13.9. The summed E-state index contributed by atoms with van der Waals surface area (Å²) < 4.78 is 2.40. The van der Waals surface area contributed by atoms with Crippen molar-refractivity contribution in [3.8, 4) is 61.3 Å². The molecule has 13 aromatic rings. The van der Waals surface area contributed by atoms with Crippen LogP contribution in [0.1, 0.15) is 0 Å². The van der Waals surface area contributed by atoms with E-state index in [0.717, 1.165) is 39.4 Å². The molecule has 0 spiro atoms. The fraction of sp³-hybridized carbons (Fsp3) is 0. The lowest BCUT2D eigenvalue weighted by Gasteiger charge is -2.30. The van der Waals surface area contributed by atoms with Crippen LogP contribution >= 0.6 is 0 Å². The molecule has 0 aliphatic carbocycles. The molecule has 2 nitrogen and oxygen atoms in total. The van der Waals surface area contributed by atoms with Crippen LogP contribution in [0, 0.1) is 0 Å². The fourth-order valence-corrected chi connectivity index (χ4v) is 10.7. The van der Waals surface area contributed by atoms with Crippen molar-refractivity contribution in [2.45, 2.75) is 0 Å². The average molecular weight is 891 g/mol. The van der Waals surface area contributed by atoms with Crippen molar-refractivity contribution in [1.82, 2.24) is 4.57 Å². The van der Waals surface area contributed by atoms with Gasteiger partial charge in [-0.2, -0.15) is 0 Å². The van der Waals surface area contributed by atoms with E-state index < -0.39 is 0 Å². The summed E-state index contributed by atoms with van der Waals surface area (Å²) in [5.41, 5.74) is 18.6. The van der Waals surface area contributed by atoms with Crippen molar-refractivity contribution in [3.05, 3.63) is 279 Å². The van der Waals surface area contributed by atoms with Crippen LogP contribution in [-0.4, -0.2) is 4.57 Å². The van der Waals surface area contributed by atoms with Crippen LogP contribution in [0.2, 0.25) is 0 Å². The first-order chi connectivity index (χ1) is 34.7. The highest BCUT2D eigenvalue weighted by atomic mass is 15.1. The smallest absolute Gasteiger partial charge is 0.0547 e. The second-order valence-electron chi connectivity index (χ2n) is 18.1. The molecule has 0 aliphatic rings. The summed E-state index contributed by atoms with van der Waals surface area (Å²) >= 11 is 0. The van der Waals surface area contributed by atoms with Crippen molar-refractivity contribution >= 4 is 60.4 Å². The summed E-state index contributed by atoms with van der Waals surface area (Å²) in [7, 11) is 0. The van der Waals surface area contributed by atoms with E-state index in [1.165, 1.54) is 82.3 Å². The van der Waals surface area contributed by atoms with Gasteiger partial charge in [-0.25, -0.2) is 0 Å². The predicted molar refractivity (Wildman–Crippen MR) is 298 cm³/mol. The van der Waals surface area contributed by atoms with Crippen LogP contribution in [0.5, 0.6) is 0 Å². The first-order valence-corrected chi connectivity index (χ1v) is 24.1. The lowest BCUT2D eigenvalue weighted by molar-refractivity contribution is 1.18. The number of benzene rings is 12. The molecular formula is C68H46N2. The maximum absolute atomic E-state index is 2.48. The Balaban J connectivity index is 0.984. The summed E-state index contributed by atoms with van der Waals surface area (Å²) in [6.07, 6.45) is 0. The zero-order valence-electron chi connectivity index (χ0n) is 38.5. The number of nitrogens with zero attached hydrogens (tertiary/aromatic N) is 2. The Labute approximate surface area is 408 Å². The zero-order valence-corrected chi connectivity index (χ0v) is 38.5. The van der Waals surface area contributed by atoms with Gasteiger partial charge in [-0.1, -0.05) is 206 Å². The number of anilines is 3. The van der Waals surface area contributed by atoms with E-state index in [0.29, 0.717) is 0 Å². The Bertz CT molecular complexity index is 3980. The van der Waals surface area contributed by atoms with E-state index in [9.17, 15) is 0 Å². The lowest BCUT2D eigenvalue weighted by Crippen LogP contribution is -2.12. The molecule has 1 heterocycles. The van der Waals surface area contributed by atoms with Crippen LogP contribution in [0.4, 0.5) is 17.1 Å². The van der Waals surface area contributed by atoms with Gasteiger partial charge in [-0.15, -0.1) is 0 Å². The molecule has 12 aromatic carbocycles. The molecule has 0 amide bonds. The third kappa shape index (κ3) is 7.22. The van der Waals surface area contributed by atoms with Crippen molar-refractivity contribution in [2.75, 3.05) is 4.90 Å². The van der Waals surface area contributed by atoms with Gasteiger partial charge in [0.05, 0.1) is 22.4 Å². The number of hydrogen-bond donors (Lipinski definition) is 0. The SMILES string of the molecule is c1ccc(-c2cc(-c3ccccc3)cc(-c3ccc(N(c4ccccc4-c4cccc(-c5cccc6c5c5ccccc5n6-c5ccccc5)c4)c4cc5ccccc5c5ccccc45)cc3)c2)cc1. The number of hydrogen-bond acceptors (Lipinski definition) is 1. The number of fused-ring (bicyclic) bond motifs is 6. The van der Waals surface area contributed by atoms with E-state index >= 15 is 0 Å². The van der Waals surface area contributed by atoms with Crippen molar-refractivity contribution in [2.24, 2.45) is 0 Å². The molecule has 0 fully saturated rings. The van der Waals surface area contributed by atoms with Gasteiger partial charge in [0.15, 0.2) is 0 Å². The molecule has 13 rings (SSSR count). The van der Waals surface area contributed by atoms with Gasteiger partial charge in [0.1, 0.15) is 0 Å². The minimum Gasteiger partial charge on any atom is -0.309 e. The summed E-state index contributed by atoms with van der Waals surface area (Å²) in [5, 5.41) is 7.36. The van der Waals surface area contributed by atoms with Crippen LogP contribution in [0.3, 0.4) is 0 Å². The average Bonchev–Trinajstić information content (AvgIpc) is 3.79. The molecule has 70 heavy (non-hydrogen) atoms. The van der Waals surface area contributed by atoms with Gasteiger partial charge in [-0.05, 0) is 139 Å². The number of rotatable bonds is 9. The number of aromatic nitrogens is 1. The normalized spacial score (nSPS) is 11.4. The van der Waals surface area contributed by atoms with Gasteiger partial charge in [0.25, 0.3) is 0 Å². The molecule has 0 saturated carbocycles. The third-order valence-corrected chi connectivity index (χ3v) is 13.9. The van der Waals surface area contributed by atoms with Crippen LogP contribution in [0.15, 0.2) is 279 Å². The summed E-state index contributed by atoms with van der Waals surface area (Å²) in [5.74, 6) is 0. The summed E-state index contributed by atoms with van der Waals surface area (Å²) in [4.78, 5) is 2.48. The maximum atomic E-state index is 2.48. The molecule has 0 radical (unpaired) electrons. The molecule has 0 N–H and O–H groups in total. The Morgan fingerprint density at radius 2 is 0.729 bits per heavy atom. The first-order valence-electron chi connectivity index (χ1n) is 24.1. The quantitative estimate of drug-likeness (QED) is 0.131. The van der Waals surface area contributed by atoms with Gasteiger partial charge < -0.3 is 9.47 Å². The Morgan fingerprint density at radius 3 is 1.43 bits per heavy atom. The largest absolute Gasteiger partial charge is 0.309 e. The second kappa shape index (κ2) is 17.4. The van der Waals surface area contributed by atoms with Crippen LogP contribution < -0.4 is 4.90 Å². The highest BCUT2D eigenvalue weighted by molar-refractivity contribution is 6.17. The minimum absolute atomic E-state index is 1.08. The van der Waals surface area contributed by atoms with Gasteiger partial charge in [0.2, 0.25) is 0 Å². The topological polar surface area (TPSA) is 8.17 Å². The Morgan fingerprint density at radius 1 is 0.257 bits per heavy atom. The van der Waals surface area contributed by atoms with Gasteiger partial charge in [0, 0.05) is 33.1 Å². The zero-order chi connectivity index (χ0) is 46.4. The molecule has 0 bridgehead atoms. The molecule has 328 valence electrons. The molecular weight excluding hydrogens is 845 g/mol. The van der Waals surface area contributed by atoms with Crippen molar-refractivity contribution < 1.29 is 0 Å². The van der Waals surface area contributed by atoms with Gasteiger partial charge >= 0.3 is 0 Å². The molecule has 0 unspecified atom stereocenters. The number of para-hydroxylation sites is 3. The Kier molecular flexibility index (Phi) is 10.2. The van der Waals surface area contributed by atoms with E-state index in [2.05, 4.69) is 289 Å². The summed E-state index contributed by atoms with van der Waals surface area (Å²) in [6.45, 7) is 0. The minimum atomic E-state index is 1.08. The van der Waals surface area contributed by atoms with Crippen LogP contribution in [0.25, 0.3) is 105 Å². The Hall–Kier alpha value is -9.24. The van der Waals surface area contributed by atoms with Crippen molar-refractivity contribution in [1.29, 1.82) is 0 Å². The van der Waals surface area contributed by atoms with Crippen molar-refractivity contribution in [3.63, 3.8) is 0 Å². The maximum Gasteiger partial charge on any atom is 0.0547 e.